The fourth-order valence-electron chi connectivity index (χ4n) is 3.56. The minimum Gasteiger partial charge on any atom is -0.298 e. The molecule has 4 nitrogen and oxygen atoms in total. The zero-order valence-electron chi connectivity index (χ0n) is 13.9. The van der Waals surface area contributed by atoms with Gasteiger partial charge < -0.3 is 0 Å². The van der Waals surface area contributed by atoms with Crippen LogP contribution in [0.2, 0.25) is 0 Å². The Balaban J connectivity index is 1.63. The van der Waals surface area contributed by atoms with E-state index in [4.69, 9.17) is 0 Å². The van der Waals surface area contributed by atoms with Crippen LogP contribution in [0.3, 0.4) is 0 Å². The van der Waals surface area contributed by atoms with Gasteiger partial charge in [-0.3, -0.25) is 14.7 Å². The molecule has 0 radical (unpaired) electrons. The molecule has 1 amide bonds. The van der Waals surface area contributed by atoms with Crippen molar-refractivity contribution in [2.75, 3.05) is 13.1 Å². The van der Waals surface area contributed by atoms with Crippen LogP contribution < -0.4 is 5.43 Å². The second-order valence-electron chi connectivity index (χ2n) is 7.69. The normalized spacial score (nSPS) is 22.5. The van der Waals surface area contributed by atoms with Crippen LogP contribution in [0.5, 0.6) is 0 Å². The number of hydrogen-bond donors (Lipinski definition) is 1. The standard InChI is InChI=1S/C18H27N3O/c1-17(2,3)20-11-9-18(10-12-20)13-16(22)21(19-18)14-15-7-5-4-6-8-15/h4-8,19H,9-14H2,1-3H3. The first-order chi connectivity index (χ1) is 10.4. The lowest BCUT2D eigenvalue weighted by Gasteiger charge is -2.45. The summed E-state index contributed by atoms with van der Waals surface area (Å²) in [4.78, 5) is 14.9. The average molecular weight is 301 g/mol. The maximum atomic E-state index is 12.4. The van der Waals surface area contributed by atoms with E-state index >= 15 is 0 Å². The minimum atomic E-state index is -0.0202. The molecule has 2 fully saturated rings. The molecule has 0 aromatic heterocycles. The van der Waals surface area contributed by atoms with Gasteiger partial charge in [0.1, 0.15) is 0 Å². The van der Waals surface area contributed by atoms with Crippen LogP contribution in [0.15, 0.2) is 30.3 Å². The van der Waals surface area contributed by atoms with E-state index in [0.717, 1.165) is 25.9 Å². The van der Waals surface area contributed by atoms with Crippen molar-refractivity contribution in [2.24, 2.45) is 0 Å². The SMILES string of the molecule is CC(C)(C)N1CCC2(CC1)CC(=O)N(Cc1ccccc1)N2. The zero-order chi connectivity index (χ0) is 15.8. The lowest BCUT2D eigenvalue weighted by Crippen LogP contribution is -2.56. The van der Waals surface area contributed by atoms with Crippen molar-refractivity contribution >= 4 is 5.91 Å². The van der Waals surface area contributed by atoms with Gasteiger partial charge in [0.05, 0.1) is 6.54 Å². The number of likely N-dealkylation sites (tertiary alicyclic amines) is 1. The molecule has 120 valence electrons. The molecule has 0 atom stereocenters. The Morgan fingerprint density at radius 3 is 2.36 bits per heavy atom. The summed E-state index contributed by atoms with van der Waals surface area (Å²) in [6, 6.07) is 10.2. The third-order valence-electron chi connectivity index (χ3n) is 5.02. The lowest BCUT2D eigenvalue weighted by molar-refractivity contribution is -0.130. The van der Waals surface area contributed by atoms with Gasteiger partial charge >= 0.3 is 0 Å². The number of rotatable bonds is 2. The predicted octanol–water partition coefficient (Wildman–Crippen LogP) is 2.56. The van der Waals surface area contributed by atoms with E-state index < -0.39 is 0 Å². The number of amides is 1. The van der Waals surface area contributed by atoms with Gasteiger partial charge in [-0.2, -0.15) is 0 Å². The van der Waals surface area contributed by atoms with Crippen molar-refractivity contribution in [3.8, 4) is 0 Å². The van der Waals surface area contributed by atoms with E-state index in [1.165, 1.54) is 5.56 Å². The van der Waals surface area contributed by atoms with E-state index in [0.29, 0.717) is 13.0 Å². The highest BCUT2D eigenvalue weighted by Gasteiger charge is 2.45. The lowest BCUT2D eigenvalue weighted by atomic mass is 9.84. The number of carbonyl (C=O) groups is 1. The van der Waals surface area contributed by atoms with Crippen LogP contribution in [-0.2, 0) is 11.3 Å². The second-order valence-corrected chi connectivity index (χ2v) is 7.69. The van der Waals surface area contributed by atoms with Crippen molar-refractivity contribution in [3.05, 3.63) is 35.9 Å². The maximum Gasteiger partial charge on any atom is 0.238 e. The average Bonchev–Trinajstić information content (AvgIpc) is 2.75. The Labute approximate surface area is 133 Å². The van der Waals surface area contributed by atoms with E-state index in [2.05, 4.69) is 43.2 Å². The Kier molecular flexibility index (Phi) is 4.00. The third kappa shape index (κ3) is 3.18. The molecule has 1 aromatic rings. The van der Waals surface area contributed by atoms with Crippen molar-refractivity contribution in [3.63, 3.8) is 0 Å². The van der Waals surface area contributed by atoms with Crippen LogP contribution in [0, 0.1) is 0 Å². The number of hydrogen-bond acceptors (Lipinski definition) is 3. The number of nitrogens with one attached hydrogen (secondary N) is 1. The van der Waals surface area contributed by atoms with Gasteiger partial charge in [-0.05, 0) is 39.2 Å². The number of piperidine rings is 1. The summed E-state index contributed by atoms with van der Waals surface area (Å²) < 4.78 is 0. The summed E-state index contributed by atoms with van der Waals surface area (Å²) in [6.07, 6.45) is 2.72. The van der Waals surface area contributed by atoms with Crippen molar-refractivity contribution in [1.29, 1.82) is 0 Å². The molecule has 2 aliphatic heterocycles. The first-order valence-electron chi connectivity index (χ1n) is 8.25. The smallest absolute Gasteiger partial charge is 0.238 e. The van der Waals surface area contributed by atoms with Crippen molar-refractivity contribution in [1.82, 2.24) is 15.3 Å². The summed E-state index contributed by atoms with van der Waals surface area (Å²) in [5, 5.41) is 1.82. The van der Waals surface area contributed by atoms with Gasteiger partial charge in [0.15, 0.2) is 0 Å². The Hall–Kier alpha value is -1.39. The molecule has 0 unspecified atom stereocenters. The van der Waals surface area contributed by atoms with E-state index in [1.807, 2.05) is 23.2 Å². The highest BCUT2D eigenvalue weighted by molar-refractivity contribution is 5.79. The molecule has 3 rings (SSSR count). The summed E-state index contributed by atoms with van der Waals surface area (Å²) in [7, 11) is 0. The highest BCUT2D eigenvalue weighted by Crippen LogP contribution is 2.34. The number of carbonyl (C=O) groups excluding carboxylic acids is 1. The number of nitrogens with zero attached hydrogens (tertiary/aromatic N) is 2. The van der Waals surface area contributed by atoms with Crippen LogP contribution in [0.1, 0.15) is 45.6 Å². The number of benzene rings is 1. The van der Waals surface area contributed by atoms with Crippen molar-refractivity contribution < 1.29 is 4.79 Å². The summed E-state index contributed by atoms with van der Waals surface area (Å²) in [5.74, 6) is 0.230. The molecule has 22 heavy (non-hydrogen) atoms. The summed E-state index contributed by atoms with van der Waals surface area (Å²) in [6.45, 7) is 9.57. The molecule has 0 bridgehead atoms. The van der Waals surface area contributed by atoms with Gasteiger partial charge in [-0.1, -0.05) is 30.3 Å². The highest BCUT2D eigenvalue weighted by atomic mass is 16.2. The van der Waals surface area contributed by atoms with Gasteiger partial charge in [-0.25, -0.2) is 5.43 Å². The monoisotopic (exact) mass is 301 g/mol. The Morgan fingerprint density at radius 1 is 1.14 bits per heavy atom. The van der Waals surface area contributed by atoms with E-state index in [-0.39, 0.29) is 17.0 Å². The largest absolute Gasteiger partial charge is 0.298 e. The first-order valence-corrected chi connectivity index (χ1v) is 8.25. The molecule has 2 saturated heterocycles. The van der Waals surface area contributed by atoms with Gasteiger partial charge in [-0.15, -0.1) is 0 Å². The van der Waals surface area contributed by atoms with Crippen molar-refractivity contribution in [2.45, 2.75) is 57.7 Å². The fraction of sp³-hybridized carbons (Fsp3) is 0.611. The van der Waals surface area contributed by atoms with Gasteiger partial charge in [0.25, 0.3) is 0 Å². The Bertz CT molecular complexity index is 527. The van der Waals surface area contributed by atoms with Crippen LogP contribution in [0.4, 0.5) is 0 Å². The molecule has 2 heterocycles. The molecule has 0 saturated carbocycles. The van der Waals surface area contributed by atoms with Crippen LogP contribution >= 0.6 is 0 Å². The quantitative estimate of drug-likeness (QED) is 0.912. The van der Waals surface area contributed by atoms with E-state index in [1.54, 1.807) is 0 Å². The maximum absolute atomic E-state index is 12.4. The van der Waals surface area contributed by atoms with Crippen LogP contribution in [0.25, 0.3) is 0 Å². The van der Waals surface area contributed by atoms with E-state index in [9.17, 15) is 4.79 Å². The molecule has 1 aromatic carbocycles. The molecular weight excluding hydrogens is 274 g/mol. The summed E-state index contributed by atoms with van der Waals surface area (Å²) in [5.41, 5.74) is 4.90. The van der Waals surface area contributed by atoms with Crippen LogP contribution in [-0.4, -0.2) is 40.0 Å². The topological polar surface area (TPSA) is 35.6 Å². The third-order valence-corrected chi connectivity index (χ3v) is 5.02. The molecule has 1 spiro atoms. The van der Waals surface area contributed by atoms with Gasteiger partial charge in [0, 0.05) is 30.6 Å². The molecule has 4 heteroatoms. The fourth-order valence-corrected chi connectivity index (χ4v) is 3.56. The molecule has 0 aliphatic carbocycles. The molecule has 1 N–H and O–H groups in total. The van der Waals surface area contributed by atoms with Gasteiger partial charge in [0.2, 0.25) is 5.91 Å². The predicted molar refractivity (Wildman–Crippen MR) is 88.0 cm³/mol. The second kappa shape index (κ2) is 5.67. The summed E-state index contributed by atoms with van der Waals surface area (Å²) >= 11 is 0. The molecule has 2 aliphatic rings. The zero-order valence-corrected chi connectivity index (χ0v) is 13.9. The minimum absolute atomic E-state index is 0.0202. The number of hydrazine groups is 1. The first kappa shape index (κ1) is 15.5. The Morgan fingerprint density at radius 2 is 1.77 bits per heavy atom. The molecular formula is C18H27N3O.